The summed E-state index contributed by atoms with van der Waals surface area (Å²) in [4.78, 5) is 4.52. The van der Waals surface area contributed by atoms with Crippen molar-refractivity contribution in [2.75, 3.05) is 7.11 Å². The van der Waals surface area contributed by atoms with Gasteiger partial charge < -0.3 is 14.6 Å². The molecule has 5 nitrogen and oxygen atoms in total. The van der Waals surface area contributed by atoms with E-state index in [9.17, 15) is 0 Å². The first-order chi connectivity index (χ1) is 9.05. The third-order valence-electron chi connectivity index (χ3n) is 3.88. The van der Waals surface area contributed by atoms with Crippen molar-refractivity contribution in [3.05, 3.63) is 11.7 Å². The second-order valence-corrected chi connectivity index (χ2v) is 5.95. The van der Waals surface area contributed by atoms with Crippen molar-refractivity contribution < 1.29 is 9.26 Å². The predicted octanol–water partition coefficient (Wildman–Crippen LogP) is 2.62. The van der Waals surface area contributed by atoms with Gasteiger partial charge >= 0.3 is 0 Å². The van der Waals surface area contributed by atoms with E-state index in [0.29, 0.717) is 30.2 Å². The fourth-order valence-electron chi connectivity index (χ4n) is 2.79. The Kier molecular flexibility index (Phi) is 4.58. The highest BCUT2D eigenvalue weighted by molar-refractivity contribution is 5.04. The van der Waals surface area contributed by atoms with Crippen molar-refractivity contribution in [1.29, 1.82) is 0 Å². The summed E-state index contributed by atoms with van der Waals surface area (Å²) < 4.78 is 11.1. The van der Waals surface area contributed by atoms with Crippen LogP contribution in [0, 0.1) is 5.92 Å². The fraction of sp³-hybridized carbons (Fsp3) is 0.857. The number of hydrogen-bond acceptors (Lipinski definition) is 5. The van der Waals surface area contributed by atoms with Crippen LogP contribution in [-0.4, -0.2) is 23.3 Å². The summed E-state index contributed by atoms with van der Waals surface area (Å²) in [5.74, 6) is 1.99. The van der Waals surface area contributed by atoms with Gasteiger partial charge in [0.15, 0.2) is 0 Å². The molecule has 2 rings (SSSR count). The maximum atomic E-state index is 5.77. The van der Waals surface area contributed by atoms with Crippen LogP contribution in [-0.2, 0) is 16.9 Å². The van der Waals surface area contributed by atoms with Crippen LogP contribution in [0.1, 0.15) is 58.2 Å². The number of rotatable bonds is 5. The molecular formula is C14H25N3O2. The number of nitrogens with zero attached hydrogens (tertiary/aromatic N) is 2. The molecule has 1 aliphatic rings. The van der Waals surface area contributed by atoms with Gasteiger partial charge in [-0.05, 0) is 25.2 Å². The zero-order valence-electron chi connectivity index (χ0n) is 12.4. The molecule has 1 fully saturated rings. The van der Waals surface area contributed by atoms with E-state index in [-0.39, 0.29) is 5.60 Å². The summed E-state index contributed by atoms with van der Waals surface area (Å²) in [6, 6.07) is 0.404. The van der Waals surface area contributed by atoms with Gasteiger partial charge in [-0.25, -0.2) is 0 Å². The monoisotopic (exact) mass is 267 g/mol. The van der Waals surface area contributed by atoms with Gasteiger partial charge in [0.2, 0.25) is 11.7 Å². The molecule has 19 heavy (non-hydrogen) atoms. The average Bonchev–Trinajstić information content (AvgIpc) is 2.85. The van der Waals surface area contributed by atoms with Crippen molar-refractivity contribution in [1.82, 2.24) is 15.5 Å². The van der Waals surface area contributed by atoms with Gasteiger partial charge in [-0.15, -0.1) is 0 Å². The SMILES string of the molecule is COC1(c2noc(CNC(C)C)n2)CCCC(C)C1. The first-order valence-electron chi connectivity index (χ1n) is 7.17. The summed E-state index contributed by atoms with van der Waals surface area (Å²) in [6.45, 7) is 7.06. The molecular weight excluding hydrogens is 242 g/mol. The minimum atomic E-state index is -0.350. The number of ether oxygens (including phenoxy) is 1. The molecule has 0 aromatic carbocycles. The molecule has 1 aliphatic carbocycles. The van der Waals surface area contributed by atoms with Gasteiger partial charge in [0.1, 0.15) is 5.60 Å². The molecule has 0 aliphatic heterocycles. The minimum Gasteiger partial charge on any atom is -0.370 e. The molecule has 0 radical (unpaired) electrons. The van der Waals surface area contributed by atoms with Crippen molar-refractivity contribution in [2.45, 2.75) is 64.6 Å². The van der Waals surface area contributed by atoms with Crippen LogP contribution in [0.15, 0.2) is 4.52 Å². The lowest BCUT2D eigenvalue weighted by atomic mass is 9.78. The molecule has 0 saturated heterocycles. The summed E-state index contributed by atoms with van der Waals surface area (Å²) in [5.41, 5.74) is -0.350. The zero-order chi connectivity index (χ0) is 13.9. The van der Waals surface area contributed by atoms with E-state index in [4.69, 9.17) is 9.26 Å². The van der Waals surface area contributed by atoms with Crippen LogP contribution in [0.5, 0.6) is 0 Å². The molecule has 0 bridgehead atoms. The topological polar surface area (TPSA) is 60.2 Å². The van der Waals surface area contributed by atoms with Gasteiger partial charge in [0.05, 0.1) is 6.54 Å². The Morgan fingerprint density at radius 2 is 2.32 bits per heavy atom. The van der Waals surface area contributed by atoms with Gasteiger partial charge in [-0.3, -0.25) is 0 Å². The normalized spacial score (nSPS) is 27.9. The number of aromatic nitrogens is 2. The number of nitrogens with one attached hydrogen (secondary N) is 1. The van der Waals surface area contributed by atoms with E-state index in [1.807, 2.05) is 0 Å². The van der Waals surface area contributed by atoms with E-state index in [0.717, 1.165) is 19.3 Å². The second-order valence-electron chi connectivity index (χ2n) is 5.95. The minimum absolute atomic E-state index is 0.350. The van der Waals surface area contributed by atoms with E-state index in [1.54, 1.807) is 7.11 Å². The second kappa shape index (κ2) is 6.01. The summed E-state index contributed by atoms with van der Waals surface area (Å²) >= 11 is 0. The van der Waals surface area contributed by atoms with Crippen LogP contribution in [0.4, 0.5) is 0 Å². The Balaban J connectivity index is 2.10. The molecule has 2 atom stereocenters. The van der Waals surface area contributed by atoms with Crippen LogP contribution >= 0.6 is 0 Å². The molecule has 1 aromatic rings. The largest absolute Gasteiger partial charge is 0.370 e. The molecule has 0 spiro atoms. The molecule has 5 heteroatoms. The third kappa shape index (κ3) is 3.34. The molecule has 108 valence electrons. The molecule has 0 amide bonds. The lowest BCUT2D eigenvalue weighted by Gasteiger charge is -2.36. The summed E-state index contributed by atoms with van der Waals surface area (Å²) in [5, 5.41) is 7.42. The van der Waals surface area contributed by atoms with Gasteiger partial charge in [0.25, 0.3) is 0 Å². The molecule has 1 N–H and O–H groups in total. The Morgan fingerprint density at radius 3 is 2.95 bits per heavy atom. The van der Waals surface area contributed by atoms with Gasteiger partial charge in [-0.2, -0.15) is 4.98 Å². The zero-order valence-corrected chi connectivity index (χ0v) is 12.4. The summed E-state index contributed by atoms with van der Waals surface area (Å²) in [6.07, 6.45) is 4.36. The van der Waals surface area contributed by atoms with E-state index in [1.165, 1.54) is 6.42 Å². The van der Waals surface area contributed by atoms with Crippen LogP contribution in [0.25, 0.3) is 0 Å². The Hall–Kier alpha value is -0.940. The molecule has 1 saturated carbocycles. The third-order valence-corrected chi connectivity index (χ3v) is 3.88. The maximum absolute atomic E-state index is 5.77. The van der Waals surface area contributed by atoms with Crippen molar-refractivity contribution in [3.63, 3.8) is 0 Å². The highest BCUT2D eigenvalue weighted by Crippen LogP contribution is 2.41. The maximum Gasteiger partial charge on any atom is 0.240 e. The molecule has 1 aromatic heterocycles. The highest BCUT2D eigenvalue weighted by Gasteiger charge is 2.40. The fourth-order valence-corrected chi connectivity index (χ4v) is 2.79. The van der Waals surface area contributed by atoms with Crippen molar-refractivity contribution in [3.8, 4) is 0 Å². The highest BCUT2D eigenvalue weighted by atomic mass is 16.5. The average molecular weight is 267 g/mol. The van der Waals surface area contributed by atoms with Crippen molar-refractivity contribution in [2.24, 2.45) is 5.92 Å². The predicted molar refractivity (Wildman–Crippen MR) is 72.6 cm³/mol. The van der Waals surface area contributed by atoms with Gasteiger partial charge in [0, 0.05) is 13.2 Å². The first kappa shape index (κ1) is 14.5. The lowest BCUT2D eigenvalue weighted by Crippen LogP contribution is -2.35. The summed E-state index contributed by atoms with van der Waals surface area (Å²) in [7, 11) is 1.75. The Labute approximate surface area is 115 Å². The number of methoxy groups -OCH3 is 1. The standard InChI is InChI=1S/C14H25N3O2/c1-10(2)15-9-12-16-13(17-19-12)14(18-4)7-5-6-11(3)8-14/h10-11,15H,5-9H2,1-4H3. The Morgan fingerprint density at radius 1 is 1.53 bits per heavy atom. The number of hydrogen-bond donors (Lipinski definition) is 1. The van der Waals surface area contributed by atoms with E-state index in [2.05, 4.69) is 36.2 Å². The molecule has 2 unspecified atom stereocenters. The van der Waals surface area contributed by atoms with Gasteiger partial charge in [-0.1, -0.05) is 32.3 Å². The van der Waals surface area contributed by atoms with Crippen LogP contribution < -0.4 is 5.32 Å². The van der Waals surface area contributed by atoms with E-state index >= 15 is 0 Å². The quantitative estimate of drug-likeness (QED) is 0.888. The smallest absolute Gasteiger partial charge is 0.240 e. The lowest BCUT2D eigenvalue weighted by molar-refractivity contribution is -0.0658. The molecule has 1 heterocycles. The Bertz CT molecular complexity index is 405. The van der Waals surface area contributed by atoms with E-state index < -0.39 is 0 Å². The first-order valence-corrected chi connectivity index (χ1v) is 7.17. The van der Waals surface area contributed by atoms with Crippen LogP contribution in [0.3, 0.4) is 0 Å². The van der Waals surface area contributed by atoms with Crippen molar-refractivity contribution >= 4 is 0 Å². The van der Waals surface area contributed by atoms with Crippen LogP contribution in [0.2, 0.25) is 0 Å².